The zero-order valence-electron chi connectivity index (χ0n) is 8.21. The second kappa shape index (κ2) is 4.78. The molecule has 5 N–H and O–H groups in total. The van der Waals surface area contributed by atoms with Crippen molar-refractivity contribution >= 4 is 18.0 Å². The Morgan fingerprint density at radius 3 is 2.06 bits per heavy atom. The lowest BCUT2D eigenvalue weighted by Crippen LogP contribution is -2.53. The van der Waals surface area contributed by atoms with E-state index in [9.17, 15) is 14.4 Å². The van der Waals surface area contributed by atoms with Gasteiger partial charge >= 0.3 is 12.1 Å². The van der Waals surface area contributed by atoms with E-state index in [1.54, 1.807) is 18.2 Å². The fraction of sp³-hybridized carbons (Fsp3) is 0. The van der Waals surface area contributed by atoms with Crippen molar-refractivity contribution in [3.05, 3.63) is 35.9 Å². The molecule has 0 atom stereocenters. The van der Waals surface area contributed by atoms with Gasteiger partial charge in [0.05, 0.1) is 0 Å². The highest BCUT2D eigenvalue weighted by Gasteiger charge is 2.21. The molecule has 1 rings (SSSR count). The lowest BCUT2D eigenvalue weighted by atomic mass is 10.2. The number of urea groups is 2. The van der Waals surface area contributed by atoms with Gasteiger partial charge in [-0.2, -0.15) is 5.01 Å². The van der Waals surface area contributed by atoms with Gasteiger partial charge in [0.15, 0.2) is 0 Å². The molecule has 0 radical (unpaired) electrons. The molecule has 0 spiro atoms. The third-order valence-electron chi connectivity index (χ3n) is 1.67. The van der Waals surface area contributed by atoms with Crippen molar-refractivity contribution in [2.75, 3.05) is 0 Å². The SMILES string of the molecule is NC(=O)NN(C(N)=O)C(=O)c1ccccc1. The summed E-state index contributed by atoms with van der Waals surface area (Å²) in [5, 5.41) is 0.345. The van der Waals surface area contributed by atoms with Crippen LogP contribution in [-0.4, -0.2) is 23.0 Å². The van der Waals surface area contributed by atoms with E-state index >= 15 is 0 Å². The summed E-state index contributed by atoms with van der Waals surface area (Å²) < 4.78 is 0. The van der Waals surface area contributed by atoms with Gasteiger partial charge in [-0.3, -0.25) is 4.79 Å². The minimum atomic E-state index is -1.12. The molecule has 0 unspecified atom stereocenters. The number of nitrogens with two attached hydrogens (primary N) is 2. The van der Waals surface area contributed by atoms with E-state index in [-0.39, 0.29) is 5.56 Å². The van der Waals surface area contributed by atoms with E-state index in [2.05, 4.69) is 0 Å². The third kappa shape index (κ3) is 2.71. The van der Waals surface area contributed by atoms with Crippen molar-refractivity contribution < 1.29 is 14.4 Å². The molecule has 0 aliphatic heterocycles. The van der Waals surface area contributed by atoms with Gasteiger partial charge in [-0.15, -0.1) is 0 Å². The monoisotopic (exact) mass is 222 g/mol. The van der Waals surface area contributed by atoms with E-state index in [1.165, 1.54) is 12.1 Å². The van der Waals surface area contributed by atoms with Crippen molar-refractivity contribution in [1.29, 1.82) is 0 Å². The highest BCUT2D eigenvalue weighted by atomic mass is 16.2. The van der Waals surface area contributed by atoms with Gasteiger partial charge in [0.25, 0.3) is 5.91 Å². The average Bonchev–Trinajstić information content (AvgIpc) is 2.25. The maximum absolute atomic E-state index is 11.7. The van der Waals surface area contributed by atoms with Gasteiger partial charge in [0.2, 0.25) is 0 Å². The lowest BCUT2D eigenvalue weighted by Gasteiger charge is -2.17. The van der Waals surface area contributed by atoms with Gasteiger partial charge in [-0.25, -0.2) is 15.0 Å². The topological polar surface area (TPSA) is 119 Å². The van der Waals surface area contributed by atoms with Gasteiger partial charge < -0.3 is 11.5 Å². The average molecular weight is 222 g/mol. The predicted octanol–water partition coefficient (Wildman–Crippen LogP) is -0.209. The Kier molecular flexibility index (Phi) is 3.44. The minimum Gasteiger partial charge on any atom is -0.350 e. The van der Waals surface area contributed by atoms with Crippen LogP contribution < -0.4 is 16.9 Å². The van der Waals surface area contributed by atoms with Crippen LogP contribution >= 0.6 is 0 Å². The van der Waals surface area contributed by atoms with Crippen molar-refractivity contribution in [3.63, 3.8) is 0 Å². The zero-order chi connectivity index (χ0) is 12.1. The molecule has 1 aromatic carbocycles. The minimum absolute atomic E-state index is 0.204. The Balaban J connectivity index is 2.92. The highest BCUT2D eigenvalue weighted by molar-refractivity contribution is 6.04. The standard InChI is InChI=1S/C9H10N4O3/c10-8(15)12-13(9(11)16)7(14)6-4-2-1-3-5-6/h1-5H,(H2,11,16)(H3,10,12,15). The molecular formula is C9H10N4O3. The second-order valence-electron chi connectivity index (χ2n) is 2.82. The summed E-state index contributed by atoms with van der Waals surface area (Å²) in [4.78, 5) is 33.1. The van der Waals surface area contributed by atoms with E-state index < -0.39 is 18.0 Å². The molecule has 0 aliphatic carbocycles. The summed E-state index contributed by atoms with van der Waals surface area (Å²) in [7, 11) is 0. The van der Waals surface area contributed by atoms with Crippen LogP contribution in [0.25, 0.3) is 0 Å². The van der Waals surface area contributed by atoms with Crippen LogP contribution in [0.5, 0.6) is 0 Å². The number of carbonyl (C=O) groups excluding carboxylic acids is 3. The summed E-state index contributed by atoms with van der Waals surface area (Å²) in [6.45, 7) is 0. The summed E-state index contributed by atoms with van der Waals surface area (Å²) in [6.07, 6.45) is 0. The lowest BCUT2D eigenvalue weighted by molar-refractivity contribution is 0.0756. The molecule has 0 aliphatic rings. The van der Waals surface area contributed by atoms with Crippen LogP contribution in [0.1, 0.15) is 10.4 Å². The van der Waals surface area contributed by atoms with Gasteiger partial charge in [-0.05, 0) is 12.1 Å². The number of primary amides is 2. The first-order valence-electron chi connectivity index (χ1n) is 4.27. The van der Waals surface area contributed by atoms with Crippen LogP contribution in [0.4, 0.5) is 9.59 Å². The molecule has 0 fully saturated rings. The Hall–Kier alpha value is -2.57. The number of hydrogen-bond donors (Lipinski definition) is 3. The molecule has 5 amide bonds. The molecule has 0 bridgehead atoms. The number of imide groups is 1. The molecule has 0 heterocycles. The number of benzene rings is 1. The Morgan fingerprint density at radius 1 is 1.06 bits per heavy atom. The van der Waals surface area contributed by atoms with Crippen molar-refractivity contribution in [2.45, 2.75) is 0 Å². The summed E-state index contributed by atoms with van der Waals surface area (Å²) in [5.41, 5.74) is 11.7. The van der Waals surface area contributed by atoms with Gasteiger partial charge in [-0.1, -0.05) is 18.2 Å². The molecule has 16 heavy (non-hydrogen) atoms. The molecule has 84 valence electrons. The smallest absolute Gasteiger partial charge is 0.341 e. The maximum atomic E-state index is 11.7. The molecular weight excluding hydrogens is 212 g/mol. The van der Waals surface area contributed by atoms with Crippen LogP contribution in [-0.2, 0) is 0 Å². The number of hydrazine groups is 1. The predicted molar refractivity (Wildman–Crippen MR) is 54.9 cm³/mol. The first kappa shape index (κ1) is 11.5. The Labute approximate surface area is 91.0 Å². The van der Waals surface area contributed by atoms with E-state index in [4.69, 9.17) is 11.5 Å². The third-order valence-corrected chi connectivity index (χ3v) is 1.67. The van der Waals surface area contributed by atoms with Crippen LogP contribution in [0.3, 0.4) is 0 Å². The Bertz CT molecular complexity index is 418. The molecule has 1 aromatic rings. The number of nitrogens with one attached hydrogen (secondary N) is 1. The quantitative estimate of drug-likeness (QED) is 0.570. The van der Waals surface area contributed by atoms with Gasteiger partial charge in [0, 0.05) is 5.56 Å². The number of carbonyl (C=O) groups is 3. The molecule has 0 aromatic heterocycles. The summed E-state index contributed by atoms with van der Waals surface area (Å²) in [6, 6.07) is 5.69. The molecule has 7 heteroatoms. The summed E-state index contributed by atoms with van der Waals surface area (Å²) in [5.74, 6) is -0.758. The Morgan fingerprint density at radius 2 is 1.62 bits per heavy atom. The number of rotatable bonds is 1. The fourth-order valence-electron chi connectivity index (χ4n) is 1.03. The van der Waals surface area contributed by atoms with Crippen molar-refractivity contribution in [2.24, 2.45) is 11.5 Å². The highest BCUT2D eigenvalue weighted by Crippen LogP contribution is 2.02. The van der Waals surface area contributed by atoms with Crippen LogP contribution in [0, 0.1) is 0 Å². The molecule has 0 saturated carbocycles. The largest absolute Gasteiger partial charge is 0.350 e. The van der Waals surface area contributed by atoms with E-state index in [1.807, 2.05) is 5.43 Å². The maximum Gasteiger partial charge on any atom is 0.341 e. The first-order chi connectivity index (χ1) is 7.52. The van der Waals surface area contributed by atoms with Crippen LogP contribution in [0.15, 0.2) is 30.3 Å². The van der Waals surface area contributed by atoms with Crippen molar-refractivity contribution in [3.8, 4) is 0 Å². The molecule has 7 nitrogen and oxygen atoms in total. The number of nitrogens with zero attached hydrogens (tertiary/aromatic N) is 1. The van der Waals surface area contributed by atoms with Crippen molar-refractivity contribution in [1.82, 2.24) is 10.4 Å². The number of amides is 5. The zero-order valence-corrected chi connectivity index (χ0v) is 8.21. The second-order valence-corrected chi connectivity index (χ2v) is 2.82. The van der Waals surface area contributed by atoms with Gasteiger partial charge in [0.1, 0.15) is 0 Å². The normalized spacial score (nSPS) is 9.25. The summed E-state index contributed by atoms with van der Waals surface area (Å²) >= 11 is 0. The fourth-order valence-corrected chi connectivity index (χ4v) is 1.03. The van der Waals surface area contributed by atoms with E-state index in [0.29, 0.717) is 5.01 Å². The van der Waals surface area contributed by atoms with Crippen LogP contribution in [0.2, 0.25) is 0 Å². The first-order valence-corrected chi connectivity index (χ1v) is 4.27. The number of hydrogen-bond acceptors (Lipinski definition) is 3. The molecule has 0 saturated heterocycles. The van der Waals surface area contributed by atoms with E-state index in [0.717, 1.165) is 0 Å².